The molecule has 0 N–H and O–H groups in total. The lowest BCUT2D eigenvalue weighted by Gasteiger charge is -2.11. The molecule has 0 spiro atoms. The molecule has 134 valence electrons. The minimum atomic E-state index is 0.972. The predicted molar refractivity (Wildman–Crippen MR) is 104 cm³/mol. The van der Waals surface area contributed by atoms with Crippen molar-refractivity contribution in [3.05, 3.63) is 0 Å². The van der Waals surface area contributed by atoms with Gasteiger partial charge in [0.25, 0.3) is 0 Å². The van der Waals surface area contributed by atoms with Gasteiger partial charge in [0.1, 0.15) is 0 Å². The van der Waals surface area contributed by atoms with Crippen molar-refractivity contribution in [3.8, 4) is 0 Å². The summed E-state index contributed by atoms with van der Waals surface area (Å²) >= 11 is 0. The molecule has 0 bridgehead atoms. The third kappa shape index (κ3) is 18.1. The highest BCUT2D eigenvalue weighted by molar-refractivity contribution is 4.55. The Morgan fingerprint density at radius 2 is 0.682 bits per heavy atom. The number of rotatable bonds is 18. The fourth-order valence-electron chi connectivity index (χ4n) is 3.40. The van der Waals surface area contributed by atoms with Crippen molar-refractivity contribution >= 4 is 0 Å². The van der Waals surface area contributed by atoms with Crippen molar-refractivity contribution in [1.29, 1.82) is 0 Å². The predicted octanol–water partition coefficient (Wildman–Crippen LogP) is 8.68. The van der Waals surface area contributed by atoms with E-state index in [1.54, 1.807) is 0 Å². The van der Waals surface area contributed by atoms with Crippen molar-refractivity contribution in [2.75, 3.05) is 0 Å². The highest BCUT2D eigenvalue weighted by Gasteiger charge is 2.02. The van der Waals surface area contributed by atoms with E-state index in [0.29, 0.717) is 0 Å². The molecule has 0 heterocycles. The van der Waals surface area contributed by atoms with Gasteiger partial charge in [0.15, 0.2) is 0 Å². The van der Waals surface area contributed by atoms with Gasteiger partial charge in [-0.05, 0) is 5.92 Å². The van der Waals surface area contributed by atoms with Crippen LogP contribution in [0.5, 0.6) is 0 Å². The largest absolute Gasteiger partial charge is 0.0654 e. The normalized spacial score (nSPS) is 12.7. The Labute approximate surface area is 142 Å². The molecule has 0 amide bonds. The molecule has 0 aromatic rings. The molecule has 0 aromatic carbocycles. The van der Waals surface area contributed by atoms with Crippen LogP contribution in [0.3, 0.4) is 0 Å². The first-order valence-electron chi connectivity index (χ1n) is 10.8. The summed E-state index contributed by atoms with van der Waals surface area (Å²) in [6, 6.07) is 0. The van der Waals surface area contributed by atoms with Gasteiger partial charge in [-0.15, -0.1) is 0 Å². The average Bonchev–Trinajstić information content (AvgIpc) is 2.52. The minimum absolute atomic E-state index is 0.972. The van der Waals surface area contributed by atoms with Gasteiger partial charge in [0.05, 0.1) is 0 Å². The first kappa shape index (κ1) is 22.0. The molecule has 1 unspecified atom stereocenters. The number of unbranched alkanes of at least 4 members (excludes halogenated alkanes) is 14. The van der Waals surface area contributed by atoms with Gasteiger partial charge in [-0.25, -0.2) is 0 Å². The smallest absolute Gasteiger partial charge is 0.0443 e. The highest BCUT2D eigenvalue weighted by Crippen LogP contribution is 2.18. The molecule has 0 rings (SSSR count). The van der Waals surface area contributed by atoms with Crippen molar-refractivity contribution < 1.29 is 0 Å². The van der Waals surface area contributed by atoms with Gasteiger partial charge < -0.3 is 0 Å². The van der Waals surface area contributed by atoms with Crippen molar-refractivity contribution in [2.45, 2.75) is 136 Å². The molecule has 0 aromatic heterocycles. The summed E-state index contributed by atoms with van der Waals surface area (Å²) in [6.07, 6.45) is 26.3. The van der Waals surface area contributed by atoms with Crippen LogP contribution >= 0.6 is 0 Å². The molecule has 0 saturated heterocycles. The summed E-state index contributed by atoms with van der Waals surface area (Å²) in [5.41, 5.74) is 0. The molecule has 22 heavy (non-hydrogen) atoms. The zero-order valence-corrected chi connectivity index (χ0v) is 16.3. The SMILES string of the molecule is CCCCCCCCCCCCCC(C)CCCCCCC. The standard InChI is InChI=1S/C22H46/c1-4-6-8-10-11-12-13-14-15-17-19-21-22(3)20-18-16-9-7-5-2/h22H,4-21H2,1-3H3. The fraction of sp³-hybridized carbons (Fsp3) is 1.00. The van der Waals surface area contributed by atoms with Crippen LogP contribution in [-0.4, -0.2) is 0 Å². The first-order valence-corrected chi connectivity index (χ1v) is 10.8. The van der Waals surface area contributed by atoms with Gasteiger partial charge in [0.2, 0.25) is 0 Å². The zero-order valence-electron chi connectivity index (χ0n) is 16.3. The Balaban J connectivity index is 3.09. The van der Waals surface area contributed by atoms with Crippen molar-refractivity contribution in [1.82, 2.24) is 0 Å². The molecule has 0 aliphatic rings. The number of hydrogen-bond donors (Lipinski definition) is 0. The second-order valence-electron chi connectivity index (χ2n) is 7.63. The van der Waals surface area contributed by atoms with E-state index in [2.05, 4.69) is 20.8 Å². The molecular formula is C22H46. The second kappa shape index (κ2) is 19.0. The lowest BCUT2D eigenvalue weighted by Crippen LogP contribution is -1.95. The average molecular weight is 311 g/mol. The summed E-state index contributed by atoms with van der Waals surface area (Å²) < 4.78 is 0. The quantitative estimate of drug-likeness (QED) is 0.222. The Bertz CT molecular complexity index is 184. The molecule has 0 nitrogen and oxygen atoms in total. The molecule has 0 saturated carbocycles. The van der Waals surface area contributed by atoms with Crippen molar-refractivity contribution in [3.63, 3.8) is 0 Å². The van der Waals surface area contributed by atoms with E-state index in [0.717, 1.165) is 5.92 Å². The maximum atomic E-state index is 2.47. The van der Waals surface area contributed by atoms with Crippen LogP contribution in [0.2, 0.25) is 0 Å². The molecular weight excluding hydrogens is 264 g/mol. The third-order valence-corrected chi connectivity index (χ3v) is 5.10. The van der Waals surface area contributed by atoms with Crippen LogP contribution in [-0.2, 0) is 0 Å². The fourth-order valence-corrected chi connectivity index (χ4v) is 3.40. The summed E-state index contributed by atoms with van der Waals surface area (Å²) in [4.78, 5) is 0. The first-order chi connectivity index (χ1) is 10.8. The Hall–Kier alpha value is 0. The topological polar surface area (TPSA) is 0 Å². The van der Waals surface area contributed by atoms with Gasteiger partial charge in [-0.1, -0.05) is 136 Å². The summed E-state index contributed by atoms with van der Waals surface area (Å²) in [5.74, 6) is 0.972. The lowest BCUT2D eigenvalue weighted by molar-refractivity contribution is 0.431. The third-order valence-electron chi connectivity index (χ3n) is 5.10. The monoisotopic (exact) mass is 310 g/mol. The van der Waals surface area contributed by atoms with E-state index in [9.17, 15) is 0 Å². The van der Waals surface area contributed by atoms with Gasteiger partial charge in [-0.2, -0.15) is 0 Å². The minimum Gasteiger partial charge on any atom is -0.0654 e. The van der Waals surface area contributed by atoms with E-state index < -0.39 is 0 Å². The molecule has 0 radical (unpaired) electrons. The van der Waals surface area contributed by atoms with Gasteiger partial charge in [0, 0.05) is 0 Å². The van der Waals surface area contributed by atoms with Crippen molar-refractivity contribution in [2.24, 2.45) is 5.92 Å². The van der Waals surface area contributed by atoms with Crippen LogP contribution in [0.1, 0.15) is 136 Å². The van der Waals surface area contributed by atoms with E-state index in [-0.39, 0.29) is 0 Å². The molecule has 0 heteroatoms. The zero-order chi connectivity index (χ0) is 16.3. The lowest BCUT2D eigenvalue weighted by atomic mass is 9.96. The number of hydrogen-bond acceptors (Lipinski definition) is 0. The van der Waals surface area contributed by atoms with E-state index in [1.807, 2.05) is 0 Å². The van der Waals surface area contributed by atoms with Gasteiger partial charge >= 0.3 is 0 Å². The van der Waals surface area contributed by atoms with Gasteiger partial charge in [-0.3, -0.25) is 0 Å². The van der Waals surface area contributed by atoms with E-state index in [4.69, 9.17) is 0 Å². The maximum absolute atomic E-state index is 2.47. The van der Waals surface area contributed by atoms with Crippen LogP contribution in [0.4, 0.5) is 0 Å². The maximum Gasteiger partial charge on any atom is -0.0443 e. The van der Waals surface area contributed by atoms with Crippen LogP contribution in [0.25, 0.3) is 0 Å². The Morgan fingerprint density at radius 3 is 1.00 bits per heavy atom. The molecule has 0 fully saturated rings. The van der Waals surface area contributed by atoms with E-state index in [1.165, 1.54) is 116 Å². The van der Waals surface area contributed by atoms with Crippen LogP contribution in [0, 0.1) is 5.92 Å². The molecule has 0 aliphatic carbocycles. The van der Waals surface area contributed by atoms with Crippen LogP contribution in [0.15, 0.2) is 0 Å². The second-order valence-corrected chi connectivity index (χ2v) is 7.63. The highest BCUT2D eigenvalue weighted by atomic mass is 14.1. The molecule has 0 aliphatic heterocycles. The van der Waals surface area contributed by atoms with Crippen LogP contribution < -0.4 is 0 Å². The Kier molecular flexibility index (Phi) is 19.0. The Morgan fingerprint density at radius 1 is 0.409 bits per heavy atom. The summed E-state index contributed by atoms with van der Waals surface area (Å²) in [5, 5.41) is 0. The van der Waals surface area contributed by atoms with E-state index >= 15 is 0 Å². The summed E-state index contributed by atoms with van der Waals surface area (Å²) in [6.45, 7) is 7.07. The molecule has 1 atom stereocenters. The summed E-state index contributed by atoms with van der Waals surface area (Å²) in [7, 11) is 0.